The van der Waals surface area contributed by atoms with E-state index in [1.165, 1.54) is 0 Å². The maximum absolute atomic E-state index is 9.03. The van der Waals surface area contributed by atoms with Crippen LogP contribution in [0.1, 0.15) is 19.4 Å². The van der Waals surface area contributed by atoms with Gasteiger partial charge in [-0.15, -0.1) is 0 Å². The Labute approximate surface area is 120 Å². The van der Waals surface area contributed by atoms with Crippen molar-refractivity contribution < 1.29 is 4.74 Å². The number of rotatable bonds is 5. The fourth-order valence-corrected chi connectivity index (χ4v) is 2.43. The van der Waals surface area contributed by atoms with E-state index in [-0.39, 0.29) is 6.10 Å². The largest absolute Gasteiger partial charge is 0.374 e. The third-order valence-corrected chi connectivity index (χ3v) is 3.27. The van der Waals surface area contributed by atoms with E-state index in [0.717, 1.165) is 26.2 Å². The maximum Gasteiger partial charge on any atom is 0.143 e. The second-order valence-corrected chi connectivity index (χ2v) is 5.54. The van der Waals surface area contributed by atoms with Gasteiger partial charge in [-0.1, -0.05) is 13.8 Å². The van der Waals surface area contributed by atoms with Crippen molar-refractivity contribution in [2.75, 3.05) is 38.1 Å². The minimum absolute atomic E-state index is 0.149. The lowest BCUT2D eigenvalue weighted by atomic mass is 10.2. The Balaban J connectivity index is 1.86. The van der Waals surface area contributed by atoms with Crippen molar-refractivity contribution in [3.8, 4) is 6.07 Å². The van der Waals surface area contributed by atoms with Crippen LogP contribution in [-0.4, -0.2) is 48.8 Å². The summed E-state index contributed by atoms with van der Waals surface area (Å²) < 4.78 is 5.77. The zero-order chi connectivity index (χ0) is 14.4. The van der Waals surface area contributed by atoms with Gasteiger partial charge < -0.3 is 10.1 Å². The van der Waals surface area contributed by atoms with Gasteiger partial charge in [-0.25, -0.2) is 4.98 Å². The van der Waals surface area contributed by atoms with Gasteiger partial charge in [0.25, 0.3) is 0 Å². The Morgan fingerprint density at radius 3 is 3.20 bits per heavy atom. The summed E-state index contributed by atoms with van der Waals surface area (Å²) in [4.78, 5) is 6.63. The first-order valence-electron chi connectivity index (χ1n) is 7.12. The molecule has 1 saturated heterocycles. The highest BCUT2D eigenvalue weighted by atomic mass is 16.5. The molecule has 0 aromatic carbocycles. The average molecular weight is 274 g/mol. The first-order valence-corrected chi connectivity index (χ1v) is 7.12. The Kier molecular flexibility index (Phi) is 5.33. The van der Waals surface area contributed by atoms with Crippen LogP contribution in [0.4, 0.5) is 5.82 Å². The molecule has 0 saturated carbocycles. The molecule has 1 fully saturated rings. The van der Waals surface area contributed by atoms with Crippen molar-refractivity contribution in [2.24, 2.45) is 5.92 Å². The maximum atomic E-state index is 9.03. The quantitative estimate of drug-likeness (QED) is 0.886. The molecule has 0 aliphatic carbocycles. The Hall–Kier alpha value is -1.64. The van der Waals surface area contributed by atoms with Crippen LogP contribution in [0, 0.1) is 17.2 Å². The van der Waals surface area contributed by atoms with E-state index in [9.17, 15) is 0 Å². The van der Waals surface area contributed by atoms with Gasteiger partial charge in [-0.05, 0) is 18.1 Å². The number of hydrogen-bond acceptors (Lipinski definition) is 5. The minimum atomic E-state index is 0.149. The summed E-state index contributed by atoms with van der Waals surface area (Å²) in [5.41, 5.74) is 0.572. The molecule has 2 rings (SSSR count). The lowest BCUT2D eigenvalue weighted by Gasteiger charge is -2.34. The molecule has 0 amide bonds. The first-order chi connectivity index (χ1) is 9.69. The molecule has 1 aromatic rings. The number of nitrogens with one attached hydrogen (secondary N) is 1. The number of nitrogens with zero attached hydrogens (tertiary/aromatic N) is 3. The van der Waals surface area contributed by atoms with E-state index in [2.05, 4.69) is 35.1 Å². The molecule has 0 unspecified atom stereocenters. The molecule has 5 nitrogen and oxygen atoms in total. The van der Waals surface area contributed by atoms with Gasteiger partial charge in [-0.2, -0.15) is 5.26 Å². The van der Waals surface area contributed by atoms with E-state index in [1.807, 2.05) is 0 Å². The highest BCUT2D eigenvalue weighted by molar-refractivity contribution is 5.51. The smallest absolute Gasteiger partial charge is 0.143 e. The van der Waals surface area contributed by atoms with Crippen LogP contribution < -0.4 is 5.32 Å². The minimum Gasteiger partial charge on any atom is -0.374 e. The van der Waals surface area contributed by atoms with Crippen LogP contribution >= 0.6 is 0 Å². The first kappa shape index (κ1) is 14.8. The van der Waals surface area contributed by atoms with Crippen molar-refractivity contribution in [3.63, 3.8) is 0 Å². The van der Waals surface area contributed by atoms with E-state index < -0.39 is 0 Å². The molecule has 1 aliphatic rings. The molecule has 108 valence electrons. The Morgan fingerprint density at radius 2 is 2.45 bits per heavy atom. The molecule has 2 heterocycles. The van der Waals surface area contributed by atoms with Crippen LogP contribution in [0.25, 0.3) is 0 Å². The van der Waals surface area contributed by atoms with Crippen molar-refractivity contribution in [1.82, 2.24) is 9.88 Å². The topological polar surface area (TPSA) is 61.2 Å². The average Bonchev–Trinajstić information content (AvgIpc) is 2.45. The van der Waals surface area contributed by atoms with Crippen LogP contribution in [0.2, 0.25) is 0 Å². The molecule has 0 radical (unpaired) electrons. The van der Waals surface area contributed by atoms with E-state index in [1.54, 1.807) is 18.3 Å². The molecular weight excluding hydrogens is 252 g/mol. The van der Waals surface area contributed by atoms with Crippen molar-refractivity contribution in [2.45, 2.75) is 20.0 Å². The summed E-state index contributed by atoms with van der Waals surface area (Å²) in [6.45, 7) is 8.95. The second-order valence-electron chi connectivity index (χ2n) is 5.54. The highest BCUT2D eigenvalue weighted by Crippen LogP contribution is 2.12. The van der Waals surface area contributed by atoms with Crippen LogP contribution in [0.15, 0.2) is 18.3 Å². The third-order valence-electron chi connectivity index (χ3n) is 3.27. The zero-order valence-electron chi connectivity index (χ0n) is 12.2. The van der Waals surface area contributed by atoms with Crippen LogP contribution in [-0.2, 0) is 4.74 Å². The SMILES string of the molecule is CC(C)CN1CCO[C@@H](CNc2ncccc2C#N)C1. The predicted octanol–water partition coefficient (Wildman–Crippen LogP) is 1.72. The number of nitriles is 1. The number of morpholine rings is 1. The van der Waals surface area contributed by atoms with Crippen LogP contribution in [0.5, 0.6) is 0 Å². The van der Waals surface area contributed by atoms with Gasteiger partial charge in [-0.3, -0.25) is 4.90 Å². The van der Waals surface area contributed by atoms with Crippen molar-refractivity contribution >= 4 is 5.82 Å². The fraction of sp³-hybridized carbons (Fsp3) is 0.600. The second kappa shape index (κ2) is 7.22. The Bertz CT molecular complexity index is 469. The number of hydrogen-bond donors (Lipinski definition) is 1. The number of pyridine rings is 1. The molecule has 1 N–H and O–H groups in total. The summed E-state index contributed by atoms with van der Waals surface area (Å²) in [6.07, 6.45) is 1.84. The normalized spacial score (nSPS) is 19.8. The summed E-state index contributed by atoms with van der Waals surface area (Å²) >= 11 is 0. The summed E-state index contributed by atoms with van der Waals surface area (Å²) in [5.74, 6) is 1.31. The van der Waals surface area contributed by atoms with Gasteiger partial charge in [0, 0.05) is 32.4 Å². The van der Waals surface area contributed by atoms with Crippen molar-refractivity contribution in [3.05, 3.63) is 23.9 Å². The van der Waals surface area contributed by atoms with Gasteiger partial charge in [0.05, 0.1) is 18.3 Å². The standard InChI is InChI=1S/C15H22N4O/c1-12(2)10-19-6-7-20-14(11-19)9-18-15-13(8-16)4-3-5-17-15/h3-5,12,14H,6-7,9-11H2,1-2H3,(H,17,18)/t14-/m0/s1. The Morgan fingerprint density at radius 1 is 1.60 bits per heavy atom. The van der Waals surface area contributed by atoms with E-state index in [4.69, 9.17) is 10.00 Å². The van der Waals surface area contributed by atoms with Crippen molar-refractivity contribution in [1.29, 1.82) is 5.26 Å². The number of anilines is 1. The molecule has 0 bridgehead atoms. The highest BCUT2D eigenvalue weighted by Gasteiger charge is 2.21. The summed E-state index contributed by atoms with van der Waals surface area (Å²) in [5, 5.41) is 12.2. The fourth-order valence-electron chi connectivity index (χ4n) is 2.43. The van der Waals surface area contributed by atoms with Gasteiger partial charge >= 0.3 is 0 Å². The van der Waals surface area contributed by atoms with Crippen LogP contribution in [0.3, 0.4) is 0 Å². The molecule has 5 heteroatoms. The van der Waals surface area contributed by atoms with Gasteiger partial charge in [0.1, 0.15) is 11.9 Å². The molecule has 1 aliphatic heterocycles. The number of ether oxygens (including phenoxy) is 1. The molecule has 1 atom stereocenters. The lowest BCUT2D eigenvalue weighted by molar-refractivity contribution is -0.0244. The third kappa shape index (κ3) is 4.19. The molecule has 1 aromatic heterocycles. The van der Waals surface area contributed by atoms with E-state index >= 15 is 0 Å². The monoisotopic (exact) mass is 274 g/mol. The lowest BCUT2D eigenvalue weighted by Crippen LogP contribution is -2.46. The van der Waals surface area contributed by atoms with Gasteiger partial charge in [0.2, 0.25) is 0 Å². The molecule has 20 heavy (non-hydrogen) atoms. The molecular formula is C15H22N4O. The number of aromatic nitrogens is 1. The summed E-state index contributed by atoms with van der Waals surface area (Å²) in [6, 6.07) is 5.68. The van der Waals surface area contributed by atoms with Gasteiger partial charge in [0.15, 0.2) is 0 Å². The van der Waals surface area contributed by atoms with E-state index in [0.29, 0.717) is 23.8 Å². The zero-order valence-corrected chi connectivity index (χ0v) is 12.2. The molecule has 0 spiro atoms. The summed E-state index contributed by atoms with van der Waals surface area (Å²) in [7, 11) is 0. The predicted molar refractivity (Wildman–Crippen MR) is 78.5 cm³/mol.